The highest BCUT2D eigenvalue weighted by atomic mass is 32.1. The predicted octanol–water partition coefficient (Wildman–Crippen LogP) is 3.48. The van der Waals surface area contributed by atoms with E-state index in [9.17, 15) is 0 Å². The van der Waals surface area contributed by atoms with Crippen molar-refractivity contribution in [1.29, 1.82) is 0 Å². The Morgan fingerprint density at radius 2 is 2.10 bits per heavy atom. The first-order valence-electron chi connectivity index (χ1n) is 6.10. The zero-order valence-electron chi connectivity index (χ0n) is 10.6. The van der Waals surface area contributed by atoms with Crippen molar-refractivity contribution in [2.75, 3.05) is 0 Å². The number of hydrogen-bond acceptors (Lipinski definition) is 4. The summed E-state index contributed by atoms with van der Waals surface area (Å²) < 4.78 is 2.02. The van der Waals surface area contributed by atoms with Crippen LogP contribution in [-0.2, 0) is 6.42 Å². The van der Waals surface area contributed by atoms with Gasteiger partial charge in [-0.1, -0.05) is 30.3 Å². The van der Waals surface area contributed by atoms with Crippen molar-refractivity contribution in [2.45, 2.75) is 6.42 Å². The summed E-state index contributed by atoms with van der Waals surface area (Å²) in [5.41, 5.74) is 1.31. The lowest BCUT2D eigenvalue weighted by atomic mass is 10.1. The van der Waals surface area contributed by atoms with E-state index in [0.717, 1.165) is 11.3 Å². The lowest BCUT2D eigenvalue weighted by Crippen LogP contribution is -1.86. The van der Waals surface area contributed by atoms with Crippen molar-refractivity contribution in [3.05, 3.63) is 68.9 Å². The smallest absolute Gasteiger partial charge is 0.216 e. The van der Waals surface area contributed by atoms with Crippen LogP contribution in [0.1, 0.15) is 15.3 Å². The normalized spacial score (nSPS) is 11.2. The molecule has 0 aliphatic rings. The Labute approximate surface area is 125 Å². The summed E-state index contributed by atoms with van der Waals surface area (Å²) in [6, 6.07) is 14.6. The molecule has 0 atom stereocenters. The molecule has 0 aliphatic heterocycles. The Bertz CT molecular complexity index is 768. The maximum Gasteiger partial charge on any atom is 0.216 e. The minimum absolute atomic E-state index is 0.488. The van der Waals surface area contributed by atoms with Crippen molar-refractivity contribution in [3.8, 4) is 0 Å². The van der Waals surface area contributed by atoms with Gasteiger partial charge in [-0.25, -0.2) is 0 Å². The summed E-state index contributed by atoms with van der Waals surface area (Å²) in [6.45, 7) is 0. The second-order valence-electron chi connectivity index (χ2n) is 4.22. The number of thiophene rings is 1. The van der Waals surface area contributed by atoms with Crippen molar-refractivity contribution in [1.82, 2.24) is 14.9 Å². The van der Waals surface area contributed by atoms with Crippen LogP contribution in [0, 0.1) is 4.77 Å². The van der Waals surface area contributed by atoms with Gasteiger partial charge in [0.05, 0.1) is 6.21 Å². The van der Waals surface area contributed by atoms with Crippen LogP contribution in [0.15, 0.2) is 53.9 Å². The van der Waals surface area contributed by atoms with Gasteiger partial charge in [0.15, 0.2) is 0 Å². The summed E-state index contributed by atoms with van der Waals surface area (Å²) in [5.74, 6) is 0. The van der Waals surface area contributed by atoms with Gasteiger partial charge in [-0.05, 0) is 29.9 Å². The van der Waals surface area contributed by atoms with E-state index in [1.54, 1.807) is 23.9 Å². The maximum absolute atomic E-state index is 5.03. The molecule has 0 bridgehead atoms. The average Bonchev–Trinajstić information content (AvgIpc) is 3.07. The molecule has 0 fully saturated rings. The van der Waals surface area contributed by atoms with Gasteiger partial charge in [0.1, 0.15) is 6.33 Å². The SMILES string of the molecule is S=c1[nH]ncn1N=Cc1ccc(Cc2ccccc2)s1. The number of nitrogens with one attached hydrogen (secondary N) is 1. The second kappa shape index (κ2) is 5.94. The van der Waals surface area contributed by atoms with Crippen LogP contribution in [0.4, 0.5) is 0 Å². The number of hydrogen-bond donors (Lipinski definition) is 1. The third-order valence-corrected chi connectivity index (χ3v) is 4.05. The summed E-state index contributed by atoms with van der Waals surface area (Å²) in [7, 11) is 0. The standard InChI is InChI=1S/C14H12N4S2/c19-14-17-15-10-18(14)16-9-13-7-6-12(20-13)8-11-4-2-1-3-5-11/h1-7,9-10H,8H2,(H,17,19). The van der Waals surface area contributed by atoms with Gasteiger partial charge in [-0.3, -0.25) is 5.10 Å². The molecule has 20 heavy (non-hydrogen) atoms. The lowest BCUT2D eigenvalue weighted by Gasteiger charge is -1.96. The molecular formula is C14H12N4S2. The number of rotatable bonds is 4. The third-order valence-electron chi connectivity index (χ3n) is 2.75. The van der Waals surface area contributed by atoms with Gasteiger partial charge in [-0.15, -0.1) is 11.3 Å². The molecule has 0 aliphatic carbocycles. The first-order valence-corrected chi connectivity index (χ1v) is 7.33. The van der Waals surface area contributed by atoms with Crippen molar-refractivity contribution in [2.24, 2.45) is 5.10 Å². The van der Waals surface area contributed by atoms with E-state index >= 15 is 0 Å². The number of aromatic amines is 1. The lowest BCUT2D eigenvalue weighted by molar-refractivity contribution is 0.863. The van der Waals surface area contributed by atoms with Crippen LogP contribution >= 0.6 is 23.6 Å². The Kier molecular flexibility index (Phi) is 3.85. The van der Waals surface area contributed by atoms with Gasteiger partial charge >= 0.3 is 0 Å². The Morgan fingerprint density at radius 3 is 2.85 bits per heavy atom. The molecule has 3 aromatic rings. The molecule has 3 rings (SSSR count). The van der Waals surface area contributed by atoms with Gasteiger partial charge in [0.2, 0.25) is 4.77 Å². The number of benzene rings is 1. The van der Waals surface area contributed by atoms with E-state index < -0.39 is 0 Å². The molecule has 6 heteroatoms. The van der Waals surface area contributed by atoms with Crippen molar-refractivity contribution in [3.63, 3.8) is 0 Å². The summed E-state index contributed by atoms with van der Waals surface area (Å²) >= 11 is 6.76. The zero-order valence-corrected chi connectivity index (χ0v) is 12.2. The highest BCUT2D eigenvalue weighted by Crippen LogP contribution is 2.18. The van der Waals surface area contributed by atoms with E-state index in [4.69, 9.17) is 12.2 Å². The van der Waals surface area contributed by atoms with E-state index in [1.807, 2.05) is 6.07 Å². The number of aromatic nitrogens is 3. The molecule has 0 amide bonds. The fourth-order valence-electron chi connectivity index (χ4n) is 1.80. The molecule has 0 spiro atoms. The van der Waals surface area contributed by atoms with Gasteiger partial charge in [-0.2, -0.15) is 14.9 Å². The minimum Gasteiger partial charge on any atom is -0.250 e. The average molecular weight is 300 g/mol. The topological polar surface area (TPSA) is 46.0 Å². The number of H-pyrrole nitrogens is 1. The summed E-state index contributed by atoms with van der Waals surface area (Å²) in [5, 5.41) is 10.7. The molecule has 0 saturated heterocycles. The summed E-state index contributed by atoms with van der Waals surface area (Å²) in [6.07, 6.45) is 4.30. The van der Waals surface area contributed by atoms with E-state index in [0.29, 0.717) is 4.77 Å². The van der Waals surface area contributed by atoms with Crippen LogP contribution in [0.5, 0.6) is 0 Å². The molecule has 2 heterocycles. The molecular weight excluding hydrogens is 288 g/mol. The molecule has 0 radical (unpaired) electrons. The molecule has 4 nitrogen and oxygen atoms in total. The number of nitrogens with zero attached hydrogens (tertiary/aromatic N) is 3. The van der Waals surface area contributed by atoms with E-state index in [2.05, 4.69) is 51.7 Å². The van der Waals surface area contributed by atoms with Crippen LogP contribution < -0.4 is 0 Å². The molecule has 1 aromatic carbocycles. The zero-order chi connectivity index (χ0) is 13.8. The predicted molar refractivity (Wildman–Crippen MR) is 84.0 cm³/mol. The summed E-state index contributed by atoms with van der Waals surface area (Å²) in [4.78, 5) is 2.41. The van der Waals surface area contributed by atoms with Gasteiger partial charge in [0.25, 0.3) is 0 Å². The van der Waals surface area contributed by atoms with Crippen molar-refractivity contribution >= 4 is 29.8 Å². The monoisotopic (exact) mass is 300 g/mol. The largest absolute Gasteiger partial charge is 0.250 e. The Morgan fingerprint density at radius 1 is 1.25 bits per heavy atom. The Balaban J connectivity index is 1.73. The highest BCUT2D eigenvalue weighted by Gasteiger charge is 2.00. The molecule has 1 N–H and O–H groups in total. The highest BCUT2D eigenvalue weighted by molar-refractivity contribution is 7.71. The van der Waals surface area contributed by atoms with Gasteiger partial charge < -0.3 is 0 Å². The second-order valence-corrected chi connectivity index (χ2v) is 5.80. The fraction of sp³-hybridized carbons (Fsp3) is 0.0714. The minimum atomic E-state index is 0.488. The van der Waals surface area contributed by atoms with Crippen molar-refractivity contribution < 1.29 is 0 Å². The van der Waals surface area contributed by atoms with E-state index in [1.165, 1.54) is 15.1 Å². The molecule has 0 saturated carbocycles. The van der Waals surface area contributed by atoms with Crippen LogP contribution in [0.25, 0.3) is 0 Å². The molecule has 0 unspecified atom stereocenters. The Hall–Kier alpha value is -2.05. The quantitative estimate of drug-likeness (QED) is 0.592. The first kappa shape index (κ1) is 13.0. The first-order chi connectivity index (χ1) is 9.81. The molecule has 2 aromatic heterocycles. The van der Waals surface area contributed by atoms with Gasteiger partial charge in [0, 0.05) is 16.2 Å². The third kappa shape index (κ3) is 3.09. The van der Waals surface area contributed by atoms with Crippen LogP contribution in [-0.4, -0.2) is 21.1 Å². The van der Waals surface area contributed by atoms with Crippen LogP contribution in [0.3, 0.4) is 0 Å². The maximum atomic E-state index is 5.03. The fourth-order valence-corrected chi connectivity index (χ4v) is 2.86. The molecule has 100 valence electrons. The van der Waals surface area contributed by atoms with Crippen LogP contribution in [0.2, 0.25) is 0 Å². The van der Waals surface area contributed by atoms with E-state index in [-0.39, 0.29) is 0 Å².